The molecule has 0 radical (unpaired) electrons. The number of amides is 1. The quantitative estimate of drug-likeness (QED) is 0.643. The lowest BCUT2D eigenvalue weighted by atomic mass is 10.1. The molecule has 28 heavy (non-hydrogen) atoms. The number of rotatable bonds is 5. The maximum atomic E-state index is 12.6. The van der Waals surface area contributed by atoms with Crippen LogP contribution < -0.4 is 10.6 Å². The molecule has 2 N–H and O–H groups in total. The monoisotopic (exact) mass is 375 g/mol. The first-order chi connectivity index (χ1) is 13.5. The Kier molecular flexibility index (Phi) is 5.69. The number of para-hydroxylation sites is 1. The molecule has 3 aromatic rings. The fraction of sp³-hybridized carbons (Fsp3) is 0.136. The highest BCUT2D eigenvalue weighted by Crippen LogP contribution is 2.21. The van der Waals surface area contributed by atoms with Gasteiger partial charge in [0.25, 0.3) is 5.91 Å². The van der Waals surface area contributed by atoms with E-state index in [1.807, 2.05) is 25.1 Å². The first kappa shape index (κ1) is 19.1. The first-order valence-corrected chi connectivity index (χ1v) is 8.76. The minimum absolute atomic E-state index is 0.288. The molecule has 0 saturated heterocycles. The Morgan fingerprint density at radius 2 is 1.71 bits per heavy atom. The Morgan fingerprint density at radius 3 is 2.46 bits per heavy atom. The van der Waals surface area contributed by atoms with E-state index in [1.165, 1.54) is 24.4 Å². The number of carbonyl (C=O) groups is 2. The normalized spacial score (nSPS) is 10.2. The fourth-order valence-electron chi connectivity index (χ4n) is 2.69. The van der Waals surface area contributed by atoms with Crippen LogP contribution in [0.3, 0.4) is 0 Å². The Bertz CT molecular complexity index is 1030. The average Bonchev–Trinajstić information content (AvgIpc) is 2.71. The average molecular weight is 375 g/mol. The number of benzene rings is 2. The predicted molar refractivity (Wildman–Crippen MR) is 109 cm³/mol. The highest BCUT2D eigenvalue weighted by Gasteiger charge is 2.15. The molecule has 0 fully saturated rings. The van der Waals surface area contributed by atoms with Gasteiger partial charge >= 0.3 is 5.97 Å². The van der Waals surface area contributed by atoms with Crippen LogP contribution in [0.4, 0.5) is 17.1 Å². The summed E-state index contributed by atoms with van der Waals surface area (Å²) in [6.07, 6.45) is 3.12. The van der Waals surface area contributed by atoms with Crippen LogP contribution >= 0.6 is 0 Å². The number of ether oxygens (including phenoxy) is 1. The Morgan fingerprint density at radius 1 is 0.929 bits per heavy atom. The van der Waals surface area contributed by atoms with E-state index in [0.29, 0.717) is 16.9 Å². The van der Waals surface area contributed by atoms with Crippen molar-refractivity contribution in [2.45, 2.75) is 13.8 Å². The van der Waals surface area contributed by atoms with E-state index < -0.39 is 5.97 Å². The van der Waals surface area contributed by atoms with Gasteiger partial charge in [-0.1, -0.05) is 18.2 Å². The molecule has 0 aliphatic heterocycles. The number of esters is 1. The summed E-state index contributed by atoms with van der Waals surface area (Å²) in [6, 6.07) is 14.4. The van der Waals surface area contributed by atoms with Crippen molar-refractivity contribution < 1.29 is 14.3 Å². The summed E-state index contributed by atoms with van der Waals surface area (Å²) < 4.78 is 4.76. The van der Waals surface area contributed by atoms with Crippen molar-refractivity contribution >= 4 is 28.9 Å². The highest BCUT2D eigenvalue weighted by molar-refractivity contribution is 6.08. The van der Waals surface area contributed by atoms with Crippen molar-refractivity contribution in [2.24, 2.45) is 0 Å². The fourth-order valence-corrected chi connectivity index (χ4v) is 2.69. The standard InChI is InChI=1S/C22H21N3O3/c1-14-8-9-17(10-15(14)2)24-18-11-16(12-23-13-18)21(26)25-20-7-5-4-6-19(20)22(27)28-3/h4-13,24H,1-3H3,(H,25,26). The number of nitrogens with one attached hydrogen (secondary N) is 2. The molecule has 6 nitrogen and oxygen atoms in total. The van der Waals surface area contributed by atoms with Crippen molar-refractivity contribution in [3.8, 4) is 0 Å². The Balaban J connectivity index is 1.79. The first-order valence-electron chi connectivity index (χ1n) is 8.76. The molecule has 3 rings (SSSR count). The number of carbonyl (C=O) groups excluding carboxylic acids is 2. The summed E-state index contributed by atoms with van der Waals surface area (Å²) in [6.45, 7) is 4.10. The summed E-state index contributed by atoms with van der Waals surface area (Å²) in [4.78, 5) is 28.7. The molecule has 0 aliphatic carbocycles. The van der Waals surface area contributed by atoms with E-state index in [9.17, 15) is 9.59 Å². The van der Waals surface area contributed by atoms with Crippen molar-refractivity contribution in [2.75, 3.05) is 17.7 Å². The summed E-state index contributed by atoms with van der Waals surface area (Å²) in [5, 5.41) is 6.00. The second-order valence-electron chi connectivity index (χ2n) is 6.38. The van der Waals surface area contributed by atoms with E-state index in [-0.39, 0.29) is 11.5 Å². The zero-order valence-electron chi connectivity index (χ0n) is 15.9. The lowest BCUT2D eigenvalue weighted by Crippen LogP contribution is -2.15. The van der Waals surface area contributed by atoms with E-state index in [1.54, 1.807) is 36.5 Å². The van der Waals surface area contributed by atoms with Crippen LogP contribution in [0.15, 0.2) is 60.9 Å². The van der Waals surface area contributed by atoms with Crippen LogP contribution in [0.25, 0.3) is 0 Å². The van der Waals surface area contributed by atoms with Gasteiger partial charge in [-0.05, 0) is 55.3 Å². The van der Waals surface area contributed by atoms with Gasteiger partial charge in [-0.15, -0.1) is 0 Å². The predicted octanol–water partition coefficient (Wildman–Crippen LogP) is 4.48. The molecule has 0 unspecified atom stereocenters. The molecular formula is C22H21N3O3. The molecule has 0 aliphatic rings. The lowest BCUT2D eigenvalue weighted by molar-refractivity contribution is 0.0602. The van der Waals surface area contributed by atoms with Gasteiger partial charge in [-0.3, -0.25) is 9.78 Å². The number of methoxy groups -OCH3 is 1. The van der Waals surface area contributed by atoms with Crippen LogP contribution in [0.5, 0.6) is 0 Å². The maximum Gasteiger partial charge on any atom is 0.339 e. The van der Waals surface area contributed by atoms with Crippen LogP contribution in [-0.2, 0) is 4.74 Å². The number of aryl methyl sites for hydroxylation is 2. The summed E-state index contributed by atoms with van der Waals surface area (Å²) in [7, 11) is 1.30. The maximum absolute atomic E-state index is 12.6. The van der Waals surface area contributed by atoms with Crippen molar-refractivity contribution in [1.82, 2.24) is 4.98 Å². The lowest BCUT2D eigenvalue weighted by Gasteiger charge is -2.11. The zero-order valence-corrected chi connectivity index (χ0v) is 15.9. The van der Waals surface area contributed by atoms with Gasteiger partial charge in [0.1, 0.15) is 0 Å². The van der Waals surface area contributed by atoms with E-state index in [0.717, 1.165) is 5.69 Å². The number of anilines is 3. The summed E-state index contributed by atoms with van der Waals surface area (Å²) >= 11 is 0. The van der Waals surface area contributed by atoms with Crippen molar-refractivity contribution in [1.29, 1.82) is 0 Å². The molecule has 6 heteroatoms. The molecule has 1 aromatic heterocycles. The second kappa shape index (κ2) is 8.35. The number of pyridine rings is 1. The molecule has 2 aromatic carbocycles. The van der Waals surface area contributed by atoms with Gasteiger partial charge < -0.3 is 15.4 Å². The van der Waals surface area contributed by atoms with Gasteiger partial charge in [-0.2, -0.15) is 0 Å². The Hall–Kier alpha value is -3.67. The van der Waals surface area contributed by atoms with Crippen molar-refractivity contribution in [3.05, 3.63) is 83.2 Å². The molecule has 0 atom stereocenters. The summed E-state index contributed by atoms with van der Waals surface area (Å²) in [5.74, 6) is -0.883. The van der Waals surface area contributed by atoms with Crippen LogP contribution in [0.2, 0.25) is 0 Å². The number of hydrogen-bond donors (Lipinski definition) is 2. The molecule has 0 spiro atoms. The van der Waals surface area contributed by atoms with Crippen LogP contribution in [-0.4, -0.2) is 24.0 Å². The molecule has 1 heterocycles. The molecule has 0 bridgehead atoms. The minimum Gasteiger partial charge on any atom is -0.465 e. The second-order valence-corrected chi connectivity index (χ2v) is 6.38. The van der Waals surface area contributed by atoms with Crippen LogP contribution in [0, 0.1) is 13.8 Å². The number of nitrogens with zero attached hydrogens (tertiary/aromatic N) is 1. The van der Waals surface area contributed by atoms with E-state index in [2.05, 4.69) is 22.5 Å². The smallest absolute Gasteiger partial charge is 0.339 e. The third kappa shape index (κ3) is 4.35. The van der Waals surface area contributed by atoms with Gasteiger partial charge in [0.15, 0.2) is 0 Å². The molecule has 1 amide bonds. The number of aromatic nitrogens is 1. The molecule has 0 saturated carbocycles. The van der Waals surface area contributed by atoms with Gasteiger partial charge in [0.05, 0.1) is 35.8 Å². The van der Waals surface area contributed by atoms with Gasteiger partial charge in [0.2, 0.25) is 0 Å². The third-order valence-corrected chi connectivity index (χ3v) is 4.38. The van der Waals surface area contributed by atoms with E-state index >= 15 is 0 Å². The minimum atomic E-state index is -0.515. The highest BCUT2D eigenvalue weighted by atomic mass is 16.5. The van der Waals surface area contributed by atoms with Gasteiger partial charge in [-0.25, -0.2) is 4.79 Å². The van der Waals surface area contributed by atoms with E-state index in [4.69, 9.17) is 4.74 Å². The van der Waals surface area contributed by atoms with Crippen molar-refractivity contribution in [3.63, 3.8) is 0 Å². The zero-order chi connectivity index (χ0) is 20.1. The number of hydrogen-bond acceptors (Lipinski definition) is 5. The molecule has 142 valence electrons. The van der Waals surface area contributed by atoms with Crippen LogP contribution in [0.1, 0.15) is 31.8 Å². The summed E-state index contributed by atoms with van der Waals surface area (Å²) in [5.41, 5.74) is 5.03. The van der Waals surface area contributed by atoms with Gasteiger partial charge in [0, 0.05) is 11.9 Å². The Labute approximate surface area is 163 Å². The SMILES string of the molecule is COC(=O)c1ccccc1NC(=O)c1cncc(Nc2ccc(C)c(C)c2)c1. The third-order valence-electron chi connectivity index (χ3n) is 4.38. The topological polar surface area (TPSA) is 80.3 Å². The largest absolute Gasteiger partial charge is 0.465 e. The molecular weight excluding hydrogens is 354 g/mol.